The predicted octanol–water partition coefficient (Wildman–Crippen LogP) is 2.17. The van der Waals surface area contributed by atoms with Crippen LogP contribution < -0.4 is 11.1 Å². The summed E-state index contributed by atoms with van der Waals surface area (Å²) in [5, 5.41) is 2.79. The van der Waals surface area contributed by atoms with E-state index in [0.29, 0.717) is 23.2 Å². The number of hydrogen-bond acceptors (Lipinski definition) is 3. The minimum Gasteiger partial charge on any atom is -0.366 e. The maximum absolute atomic E-state index is 12.4. The van der Waals surface area contributed by atoms with Gasteiger partial charge >= 0.3 is 0 Å². The molecule has 0 spiro atoms. The van der Waals surface area contributed by atoms with Crippen molar-refractivity contribution in [3.63, 3.8) is 0 Å². The van der Waals surface area contributed by atoms with E-state index in [9.17, 15) is 14.4 Å². The number of nitrogens with two attached hydrogens (primary N) is 1. The van der Waals surface area contributed by atoms with Gasteiger partial charge in [0.1, 0.15) is 0 Å². The first kappa shape index (κ1) is 15.0. The number of Topliss-reactive ketones (excluding diaryl/α,β-unsaturated/α-hetero) is 1. The van der Waals surface area contributed by atoms with E-state index in [1.807, 2.05) is 18.2 Å². The van der Waals surface area contributed by atoms with Gasteiger partial charge in [-0.25, -0.2) is 0 Å². The van der Waals surface area contributed by atoms with Crippen LogP contribution >= 0.6 is 0 Å². The molecule has 2 amide bonds. The average molecular weight is 308 g/mol. The SMILES string of the molecule is NC(=O)c1ccc(NC(=O)C2CC(=O)c3ccccc3C2)cc1. The second kappa shape index (κ2) is 6.04. The Kier molecular flexibility index (Phi) is 3.93. The van der Waals surface area contributed by atoms with E-state index in [4.69, 9.17) is 5.73 Å². The number of anilines is 1. The number of benzene rings is 2. The molecule has 0 saturated carbocycles. The standard InChI is InChI=1S/C18H16N2O3/c19-17(22)11-5-7-14(8-6-11)20-18(23)13-9-12-3-1-2-4-15(12)16(21)10-13/h1-8,13H,9-10H2,(H2,19,22)(H,20,23). The van der Waals surface area contributed by atoms with Crippen LogP contribution in [-0.4, -0.2) is 17.6 Å². The van der Waals surface area contributed by atoms with Gasteiger partial charge in [0.25, 0.3) is 0 Å². The molecule has 5 nitrogen and oxygen atoms in total. The van der Waals surface area contributed by atoms with E-state index in [2.05, 4.69) is 5.32 Å². The van der Waals surface area contributed by atoms with Crippen LogP contribution in [0.1, 0.15) is 32.7 Å². The number of carbonyl (C=O) groups excluding carboxylic acids is 3. The van der Waals surface area contributed by atoms with Gasteiger partial charge in [-0.05, 0) is 36.2 Å². The highest BCUT2D eigenvalue weighted by molar-refractivity contribution is 6.04. The van der Waals surface area contributed by atoms with Gasteiger partial charge in [0.05, 0.1) is 0 Å². The fourth-order valence-corrected chi connectivity index (χ4v) is 2.79. The number of rotatable bonds is 3. The molecule has 0 saturated heterocycles. The number of ketones is 1. The number of carbonyl (C=O) groups is 3. The van der Waals surface area contributed by atoms with Crippen molar-refractivity contribution in [2.24, 2.45) is 11.7 Å². The van der Waals surface area contributed by atoms with Crippen LogP contribution in [0.15, 0.2) is 48.5 Å². The van der Waals surface area contributed by atoms with Gasteiger partial charge in [-0.3, -0.25) is 14.4 Å². The molecule has 1 aliphatic rings. The second-order valence-corrected chi connectivity index (χ2v) is 5.62. The molecule has 23 heavy (non-hydrogen) atoms. The van der Waals surface area contributed by atoms with E-state index in [-0.39, 0.29) is 24.0 Å². The van der Waals surface area contributed by atoms with Crippen molar-refractivity contribution in [2.75, 3.05) is 5.32 Å². The molecule has 3 rings (SSSR count). The minimum atomic E-state index is -0.516. The molecular weight excluding hydrogens is 292 g/mol. The summed E-state index contributed by atoms with van der Waals surface area (Å²) in [5.41, 5.74) is 7.75. The van der Waals surface area contributed by atoms with Crippen molar-refractivity contribution in [2.45, 2.75) is 12.8 Å². The zero-order valence-electron chi connectivity index (χ0n) is 12.4. The highest BCUT2D eigenvalue weighted by atomic mass is 16.2. The number of hydrogen-bond donors (Lipinski definition) is 2. The molecule has 0 heterocycles. The zero-order chi connectivity index (χ0) is 16.4. The maximum atomic E-state index is 12.4. The lowest BCUT2D eigenvalue weighted by atomic mass is 9.82. The molecule has 3 N–H and O–H groups in total. The quantitative estimate of drug-likeness (QED) is 0.910. The fraction of sp³-hybridized carbons (Fsp3) is 0.167. The van der Waals surface area contributed by atoms with Gasteiger partial charge in [0.2, 0.25) is 11.8 Å². The molecule has 1 atom stereocenters. The Bertz CT molecular complexity index is 781. The smallest absolute Gasteiger partial charge is 0.248 e. The second-order valence-electron chi connectivity index (χ2n) is 5.62. The van der Waals surface area contributed by atoms with Gasteiger partial charge in [-0.15, -0.1) is 0 Å². The summed E-state index contributed by atoms with van der Waals surface area (Å²) in [6.45, 7) is 0. The minimum absolute atomic E-state index is 0.00363. The van der Waals surface area contributed by atoms with Crippen LogP contribution in [0.2, 0.25) is 0 Å². The molecule has 0 aromatic heterocycles. The van der Waals surface area contributed by atoms with Gasteiger partial charge in [0, 0.05) is 29.2 Å². The lowest BCUT2D eigenvalue weighted by Gasteiger charge is -2.22. The first-order chi connectivity index (χ1) is 11.0. The third-order valence-electron chi connectivity index (χ3n) is 4.02. The number of fused-ring (bicyclic) bond motifs is 1. The first-order valence-corrected chi connectivity index (χ1v) is 7.36. The van der Waals surface area contributed by atoms with E-state index >= 15 is 0 Å². The number of primary amides is 1. The number of nitrogens with one attached hydrogen (secondary N) is 1. The molecule has 0 radical (unpaired) electrons. The number of amides is 2. The van der Waals surface area contributed by atoms with Crippen molar-refractivity contribution >= 4 is 23.3 Å². The Labute approximate surface area is 133 Å². The monoisotopic (exact) mass is 308 g/mol. The van der Waals surface area contributed by atoms with Gasteiger partial charge in [-0.2, -0.15) is 0 Å². The zero-order valence-corrected chi connectivity index (χ0v) is 12.4. The van der Waals surface area contributed by atoms with Crippen LogP contribution in [-0.2, 0) is 11.2 Å². The van der Waals surface area contributed by atoms with Crippen LogP contribution in [0.25, 0.3) is 0 Å². The normalized spacial score (nSPS) is 16.5. The molecule has 2 aromatic carbocycles. The van der Waals surface area contributed by atoms with Gasteiger partial charge in [0.15, 0.2) is 5.78 Å². The predicted molar refractivity (Wildman–Crippen MR) is 86.2 cm³/mol. The Morgan fingerprint density at radius 1 is 1.00 bits per heavy atom. The van der Waals surface area contributed by atoms with Crippen molar-refractivity contribution in [3.05, 3.63) is 65.2 Å². The first-order valence-electron chi connectivity index (χ1n) is 7.36. The van der Waals surface area contributed by atoms with Crippen LogP contribution in [0, 0.1) is 5.92 Å². The summed E-state index contributed by atoms with van der Waals surface area (Å²) in [6.07, 6.45) is 0.759. The summed E-state index contributed by atoms with van der Waals surface area (Å²) in [5.74, 6) is -1.10. The van der Waals surface area contributed by atoms with E-state index in [1.54, 1.807) is 30.3 Å². The third-order valence-corrected chi connectivity index (χ3v) is 4.02. The topological polar surface area (TPSA) is 89.3 Å². The Morgan fingerprint density at radius 2 is 1.70 bits per heavy atom. The van der Waals surface area contributed by atoms with Gasteiger partial charge < -0.3 is 11.1 Å². The third kappa shape index (κ3) is 3.13. The fourth-order valence-electron chi connectivity index (χ4n) is 2.79. The molecule has 0 aliphatic heterocycles. The molecule has 1 aliphatic carbocycles. The van der Waals surface area contributed by atoms with E-state index in [1.165, 1.54) is 0 Å². The molecule has 2 aromatic rings. The Morgan fingerprint density at radius 3 is 2.39 bits per heavy atom. The van der Waals surface area contributed by atoms with E-state index < -0.39 is 5.91 Å². The van der Waals surface area contributed by atoms with Crippen LogP contribution in [0.4, 0.5) is 5.69 Å². The van der Waals surface area contributed by atoms with E-state index in [0.717, 1.165) is 5.56 Å². The van der Waals surface area contributed by atoms with Crippen molar-refractivity contribution in [1.82, 2.24) is 0 Å². The summed E-state index contributed by atoms with van der Waals surface area (Å²) >= 11 is 0. The van der Waals surface area contributed by atoms with Crippen molar-refractivity contribution < 1.29 is 14.4 Å². The highest BCUT2D eigenvalue weighted by Crippen LogP contribution is 2.26. The Balaban J connectivity index is 1.72. The molecule has 5 heteroatoms. The summed E-state index contributed by atoms with van der Waals surface area (Å²) in [7, 11) is 0. The average Bonchev–Trinajstić information content (AvgIpc) is 2.55. The lowest BCUT2D eigenvalue weighted by Crippen LogP contribution is -2.30. The van der Waals surface area contributed by atoms with Gasteiger partial charge in [-0.1, -0.05) is 24.3 Å². The highest BCUT2D eigenvalue weighted by Gasteiger charge is 2.29. The lowest BCUT2D eigenvalue weighted by molar-refractivity contribution is -0.119. The summed E-state index contributed by atoms with van der Waals surface area (Å²) < 4.78 is 0. The molecule has 1 unspecified atom stereocenters. The summed E-state index contributed by atoms with van der Waals surface area (Å²) in [4.78, 5) is 35.6. The van der Waals surface area contributed by atoms with Crippen LogP contribution in [0.5, 0.6) is 0 Å². The largest absolute Gasteiger partial charge is 0.366 e. The molecule has 0 fully saturated rings. The molecule has 0 bridgehead atoms. The van der Waals surface area contributed by atoms with Crippen LogP contribution in [0.3, 0.4) is 0 Å². The maximum Gasteiger partial charge on any atom is 0.248 e. The van der Waals surface area contributed by atoms with Crippen molar-refractivity contribution in [3.8, 4) is 0 Å². The Hall–Kier alpha value is -2.95. The molecule has 116 valence electrons. The molecular formula is C18H16N2O3. The summed E-state index contributed by atoms with van der Waals surface area (Å²) in [6, 6.07) is 13.7. The van der Waals surface area contributed by atoms with Crippen molar-refractivity contribution in [1.29, 1.82) is 0 Å².